The number of fused-ring (bicyclic) bond motifs is 1. The van der Waals surface area contributed by atoms with Crippen molar-refractivity contribution in [3.63, 3.8) is 0 Å². The number of nitrogens with one attached hydrogen (secondary N) is 1. The summed E-state index contributed by atoms with van der Waals surface area (Å²) in [6.07, 6.45) is 1.70. The summed E-state index contributed by atoms with van der Waals surface area (Å²) in [6.45, 7) is 4.21. The Balaban J connectivity index is 2.03. The van der Waals surface area contributed by atoms with Crippen LogP contribution in [0.15, 0.2) is 42.7 Å². The lowest BCUT2D eigenvalue weighted by atomic mass is 10.1. The minimum Gasteiger partial charge on any atom is -0.345 e. The maximum Gasteiger partial charge on any atom is 0.104 e. The normalized spacial score (nSPS) is 10.2. The molecule has 1 heterocycles. The second-order valence-electron chi connectivity index (χ2n) is 4.65. The molecule has 0 fully saturated rings. The van der Waals surface area contributed by atoms with E-state index in [9.17, 15) is 0 Å². The van der Waals surface area contributed by atoms with Gasteiger partial charge in [-0.3, -0.25) is 0 Å². The van der Waals surface area contributed by atoms with E-state index >= 15 is 0 Å². The average Bonchev–Trinajstić information content (AvgIpc) is 2.89. The summed E-state index contributed by atoms with van der Waals surface area (Å²) >= 11 is 0. The third-order valence-electron chi connectivity index (χ3n) is 3.30. The molecular weight excluding hydrogens is 232 g/mol. The van der Waals surface area contributed by atoms with Crippen molar-refractivity contribution in [1.29, 1.82) is 0 Å². The van der Waals surface area contributed by atoms with Crippen LogP contribution in [0.25, 0.3) is 11.0 Å². The summed E-state index contributed by atoms with van der Waals surface area (Å²) in [5.74, 6) is 6.41. The summed E-state index contributed by atoms with van der Waals surface area (Å²) in [5, 5.41) is 0. The van der Waals surface area contributed by atoms with Gasteiger partial charge in [-0.1, -0.05) is 24.0 Å². The molecule has 0 aliphatic carbocycles. The molecule has 19 heavy (non-hydrogen) atoms. The third-order valence-corrected chi connectivity index (χ3v) is 3.30. The Morgan fingerprint density at radius 1 is 1.00 bits per heavy atom. The number of aromatic amines is 1. The van der Waals surface area contributed by atoms with Gasteiger partial charge in [0.1, 0.15) is 5.52 Å². The van der Waals surface area contributed by atoms with Gasteiger partial charge in [-0.25, -0.2) is 4.98 Å². The van der Waals surface area contributed by atoms with Crippen molar-refractivity contribution in [2.45, 2.75) is 13.8 Å². The molecule has 0 unspecified atom stereocenters. The number of benzene rings is 2. The van der Waals surface area contributed by atoms with Crippen LogP contribution in [-0.4, -0.2) is 9.97 Å². The molecule has 2 nitrogen and oxygen atoms in total. The SMILES string of the molecule is Cc1ccc(C#Cc2cccc3[nH]cnc23)cc1C. The highest BCUT2D eigenvalue weighted by Crippen LogP contribution is 2.14. The van der Waals surface area contributed by atoms with E-state index in [0.29, 0.717) is 0 Å². The lowest BCUT2D eigenvalue weighted by Crippen LogP contribution is -1.83. The first-order chi connectivity index (χ1) is 9.24. The van der Waals surface area contributed by atoms with E-state index < -0.39 is 0 Å². The highest BCUT2D eigenvalue weighted by Gasteiger charge is 1.99. The molecule has 1 aromatic heterocycles. The monoisotopic (exact) mass is 246 g/mol. The van der Waals surface area contributed by atoms with Crippen LogP contribution in [0.3, 0.4) is 0 Å². The van der Waals surface area contributed by atoms with Gasteiger partial charge in [-0.2, -0.15) is 0 Å². The van der Waals surface area contributed by atoms with Crippen molar-refractivity contribution < 1.29 is 0 Å². The van der Waals surface area contributed by atoms with Crippen LogP contribution in [0.4, 0.5) is 0 Å². The molecular formula is C17H14N2. The second kappa shape index (κ2) is 4.62. The van der Waals surface area contributed by atoms with Crippen LogP contribution in [-0.2, 0) is 0 Å². The van der Waals surface area contributed by atoms with Gasteiger partial charge < -0.3 is 4.98 Å². The fraction of sp³-hybridized carbons (Fsp3) is 0.118. The van der Waals surface area contributed by atoms with Crippen LogP contribution < -0.4 is 0 Å². The smallest absolute Gasteiger partial charge is 0.104 e. The molecule has 0 amide bonds. The number of rotatable bonds is 0. The highest BCUT2D eigenvalue weighted by molar-refractivity contribution is 5.81. The van der Waals surface area contributed by atoms with Crippen LogP contribution in [0.5, 0.6) is 0 Å². The Bertz CT molecular complexity index is 801. The third kappa shape index (κ3) is 2.23. The van der Waals surface area contributed by atoms with E-state index in [1.165, 1.54) is 11.1 Å². The molecule has 0 spiro atoms. The number of para-hydroxylation sites is 1. The number of imidazole rings is 1. The maximum absolute atomic E-state index is 4.30. The molecule has 2 aromatic carbocycles. The predicted octanol–water partition coefficient (Wildman–Crippen LogP) is 3.58. The molecule has 0 bridgehead atoms. The molecule has 92 valence electrons. The molecule has 2 heteroatoms. The van der Waals surface area contributed by atoms with Gasteiger partial charge in [-0.15, -0.1) is 0 Å². The number of H-pyrrole nitrogens is 1. The average molecular weight is 246 g/mol. The molecule has 3 aromatic rings. The van der Waals surface area contributed by atoms with Crippen LogP contribution in [0, 0.1) is 25.7 Å². The second-order valence-corrected chi connectivity index (χ2v) is 4.65. The fourth-order valence-electron chi connectivity index (χ4n) is 2.02. The minimum absolute atomic E-state index is 0.929. The van der Waals surface area contributed by atoms with E-state index in [1.54, 1.807) is 6.33 Å². The minimum atomic E-state index is 0.929. The Labute approximate surface area is 112 Å². The molecule has 0 saturated carbocycles. The zero-order valence-electron chi connectivity index (χ0n) is 11.0. The Kier molecular flexibility index (Phi) is 2.81. The summed E-state index contributed by atoms with van der Waals surface area (Å²) in [4.78, 5) is 7.40. The molecule has 0 aliphatic heterocycles. The lowest BCUT2D eigenvalue weighted by Gasteiger charge is -1.99. The number of nitrogens with zero attached hydrogens (tertiary/aromatic N) is 1. The Morgan fingerprint density at radius 3 is 2.74 bits per heavy atom. The zero-order chi connectivity index (χ0) is 13.2. The molecule has 0 aliphatic rings. The topological polar surface area (TPSA) is 28.7 Å². The van der Waals surface area contributed by atoms with Gasteiger partial charge in [0.25, 0.3) is 0 Å². The van der Waals surface area contributed by atoms with E-state index in [2.05, 4.69) is 53.9 Å². The summed E-state index contributed by atoms with van der Waals surface area (Å²) in [5.41, 5.74) is 6.50. The van der Waals surface area contributed by atoms with Crippen molar-refractivity contribution in [1.82, 2.24) is 9.97 Å². The van der Waals surface area contributed by atoms with E-state index in [1.807, 2.05) is 18.2 Å². The summed E-state index contributed by atoms with van der Waals surface area (Å²) < 4.78 is 0. The van der Waals surface area contributed by atoms with Crippen LogP contribution >= 0.6 is 0 Å². The van der Waals surface area contributed by atoms with Crippen molar-refractivity contribution in [3.05, 3.63) is 65.0 Å². The van der Waals surface area contributed by atoms with Gasteiger partial charge in [0.2, 0.25) is 0 Å². The van der Waals surface area contributed by atoms with E-state index in [4.69, 9.17) is 0 Å². The highest BCUT2D eigenvalue weighted by atomic mass is 14.9. The summed E-state index contributed by atoms with van der Waals surface area (Å²) in [6, 6.07) is 12.3. The van der Waals surface area contributed by atoms with Crippen molar-refractivity contribution in [2.75, 3.05) is 0 Å². The number of hydrogen-bond acceptors (Lipinski definition) is 1. The maximum atomic E-state index is 4.30. The first kappa shape index (κ1) is 11.6. The van der Waals surface area contributed by atoms with Crippen molar-refractivity contribution in [2.24, 2.45) is 0 Å². The van der Waals surface area contributed by atoms with Gasteiger partial charge in [0.15, 0.2) is 0 Å². The summed E-state index contributed by atoms with van der Waals surface area (Å²) in [7, 11) is 0. The number of aromatic nitrogens is 2. The van der Waals surface area contributed by atoms with Gasteiger partial charge >= 0.3 is 0 Å². The van der Waals surface area contributed by atoms with Crippen molar-refractivity contribution >= 4 is 11.0 Å². The molecule has 0 atom stereocenters. The first-order valence-corrected chi connectivity index (χ1v) is 6.25. The lowest BCUT2D eigenvalue weighted by molar-refractivity contribution is 1.33. The van der Waals surface area contributed by atoms with Gasteiger partial charge in [0, 0.05) is 5.56 Å². The molecule has 0 saturated heterocycles. The van der Waals surface area contributed by atoms with Crippen LogP contribution in [0.2, 0.25) is 0 Å². The number of hydrogen-bond donors (Lipinski definition) is 1. The van der Waals surface area contributed by atoms with Crippen LogP contribution in [0.1, 0.15) is 22.3 Å². The quantitative estimate of drug-likeness (QED) is 0.603. The number of aryl methyl sites for hydroxylation is 2. The largest absolute Gasteiger partial charge is 0.345 e. The Morgan fingerprint density at radius 2 is 1.89 bits per heavy atom. The van der Waals surface area contributed by atoms with E-state index in [-0.39, 0.29) is 0 Å². The predicted molar refractivity (Wildman–Crippen MR) is 78.0 cm³/mol. The Hall–Kier alpha value is -2.53. The zero-order valence-corrected chi connectivity index (χ0v) is 11.0. The van der Waals surface area contributed by atoms with Gasteiger partial charge in [-0.05, 0) is 49.2 Å². The van der Waals surface area contributed by atoms with E-state index in [0.717, 1.165) is 22.2 Å². The first-order valence-electron chi connectivity index (χ1n) is 6.25. The fourth-order valence-corrected chi connectivity index (χ4v) is 2.02. The standard InChI is InChI=1S/C17H14N2/c1-12-6-7-14(10-13(12)2)8-9-15-4-3-5-16-17(15)19-11-18-16/h3-7,10-11H,1-2H3,(H,18,19). The molecule has 0 radical (unpaired) electrons. The molecule has 3 rings (SSSR count). The van der Waals surface area contributed by atoms with Gasteiger partial charge in [0.05, 0.1) is 17.4 Å². The van der Waals surface area contributed by atoms with Crippen molar-refractivity contribution in [3.8, 4) is 11.8 Å². The molecule has 1 N–H and O–H groups in total.